The Morgan fingerprint density at radius 1 is 1.13 bits per heavy atom. The molecule has 0 aliphatic heterocycles. The van der Waals surface area contributed by atoms with E-state index in [-0.39, 0.29) is 12.5 Å². The molecular weight excluding hydrogens is 332 g/mol. The molecule has 0 bridgehead atoms. The molecule has 1 saturated carbocycles. The minimum atomic E-state index is -1.07. The standard InChI is InChI=1S/C16H18N2O3S2/c19-14(17-9-12-3-1-7-22-12)15(20)18-10-16(21,11-5-6-11)13-4-2-8-23-13/h1-4,7-8,11,21H,5-6,9-10H2,(H,17,19)(H,18,20)/t16-/m1/s1. The largest absolute Gasteiger partial charge is 0.382 e. The van der Waals surface area contributed by atoms with Crippen LogP contribution in [0.2, 0.25) is 0 Å². The monoisotopic (exact) mass is 350 g/mol. The van der Waals surface area contributed by atoms with Crippen molar-refractivity contribution in [1.82, 2.24) is 10.6 Å². The van der Waals surface area contributed by atoms with E-state index in [1.54, 1.807) is 0 Å². The molecule has 0 unspecified atom stereocenters. The summed E-state index contributed by atoms with van der Waals surface area (Å²) < 4.78 is 0. The van der Waals surface area contributed by atoms with Gasteiger partial charge < -0.3 is 15.7 Å². The Bertz CT molecular complexity index is 666. The van der Waals surface area contributed by atoms with Crippen LogP contribution in [0.15, 0.2) is 35.0 Å². The molecule has 1 aliphatic carbocycles. The van der Waals surface area contributed by atoms with Gasteiger partial charge in [0.25, 0.3) is 0 Å². The predicted molar refractivity (Wildman–Crippen MR) is 90.1 cm³/mol. The van der Waals surface area contributed by atoms with Crippen LogP contribution >= 0.6 is 22.7 Å². The Kier molecular flexibility index (Phi) is 4.79. The lowest BCUT2D eigenvalue weighted by molar-refractivity contribution is -0.140. The summed E-state index contributed by atoms with van der Waals surface area (Å²) in [5.41, 5.74) is -1.07. The van der Waals surface area contributed by atoms with Crippen LogP contribution in [0.5, 0.6) is 0 Å². The molecule has 5 nitrogen and oxygen atoms in total. The molecule has 1 aliphatic rings. The molecular formula is C16H18N2O3S2. The highest BCUT2D eigenvalue weighted by atomic mass is 32.1. The average Bonchev–Trinajstić information content (AvgIpc) is 3.05. The first-order valence-electron chi connectivity index (χ1n) is 7.44. The molecule has 23 heavy (non-hydrogen) atoms. The summed E-state index contributed by atoms with van der Waals surface area (Å²) in [6.45, 7) is 0.394. The zero-order chi connectivity index (χ0) is 16.3. The molecule has 0 radical (unpaired) electrons. The van der Waals surface area contributed by atoms with Gasteiger partial charge in [0, 0.05) is 9.75 Å². The van der Waals surface area contributed by atoms with Gasteiger partial charge in [0.15, 0.2) is 0 Å². The van der Waals surface area contributed by atoms with Crippen molar-refractivity contribution in [1.29, 1.82) is 0 Å². The van der Waals surface area contributed by atoms with E-state index < -0.39 is 17.4 Å². The second-order valence-electron chi connectivity index (χ2n) is 5.62. The summed E-state index contributed by atoms with van der Waals surface area (Å²) in [4.78, 5) is 25.6. The van der Waals surface area contributed by atoms with E-state index in [9.17, 15) is 14.7 Å². The fraction of sp³-hybridized carbons (Fsp3) is 0.375. The zero-order valence-electron chi connectivity index (χ0n) is 12.5. The van der Waals surface area contributed by atoms with Gasteiger partial charge in [-0.05, 0) is 41.7 Å². The molecule has 3 N–H and O–H groups in total. The van der Waals surface area contributed by atoms with Gasteiger partial charge in [0.2, 0.25) is 0 Å². The number of nitrogens with one attached hydrogen (secondary N) is 2. The number of aliphatic hydroxyl groups is 1. The van der Waals surface area contributed by atoms with Crippen LogP contribution in [0.4, 0.5) is 0 Å². The van der Waals surface area contributed by atoms with E-state index >= 15 is 0 Å². The highest BCUT2D eigenvalue weighted by molar-refractivity contribution is 7.10. The zero-order valence-corrected chi connectivity index (χ0v) is 14.1. The molecule has 0 spiro atoms. The fourth-order valence-corrected chi connectivity index (χ4v) is 4.02. The molecule has 2 amide bonds. The van der Waals surface area contributed by atoms with Crippen LogP contribution in [0.25, 0.3) is 0 Å². The Hall–Kier alpha value is -1.70. The van der Waals surface area contributed by atoms with Crippen molar-refractivity contribution in [3.8, 4) is 0 Å². The van der Waals surface area contributed by atoms with Crippen LogP contribution in [-0.4, -0.2) is 23.5 Å². The Morgan fingerprint density at radius 3 is 2.43 bits per heavy atom. The molecule has 1 fully saturated rings. The molecule has 0 aromatic carbocycles. The minimum absolute atomic E-state index is 0.0590. The minimum Gasteiger partial charge on any atom is -0.382 e. The van der Waals surface area contributed by atoms with Gasteiger partial charge in [0.1, 0.15) is 5.60 Å². The number of hydrogen-bond donors (Lipinski definition) is 3. The third-order valence-electron chi connectivity index (χ3n) is 3.93. The number of carbonyl (C=O) groups is 2. The molecule has 0 saturated heterocycles. The smallest absolute Gasteiger partial charge is 0.309 e. The number of hydrogen-bond acceptors (Lipinski definition) is 5. The molecule has 1 atom stereocenters. The van der Waals surface area contributed by atoms with Crippen LogP contribution < -0.4 is 10.6 Å². The van der Waals surface area contributed by atoms with Gasteiger partial charge in [-0.25, -0.2) is 0 Å². The summed E-state index contributed by atoms with van der Waals surface area (Å²) >= 11 is 2.99. The van der Waals surface area contributed by atoms with Gasteiger partial charge in [-0.3, -0.25) is 9.59 Å². The van der Waals surface area contributed by atoms with Gasteiger partial charge in [-0.2, -0.15) is 0 Å². The van der Waals surface area contributed by atoms with Crippen LogP contribution in [-0.2, 0) is 21.7 Å². The average molecular weight is 350 g/mol. The van der Waals surface area contributed by atoms with Crippen molar-refractivity contribution >= 4 is 34.5 Å². The highest BCUT2D eigenvalue weighted by Crippen LogP contribution is 2.46. The van der Waals surface area contributed by atoms with Crippen molar-refractivity contribution in [2.45, 2.75) is 25.0 Å². The molecule has 2 aromatic heterocycles. The molecule has 3 rings (SSSR count). The number of amides is 2. The lowest BCUT2D eigenvalue weighted by Gasteiger charge is -2.27. The fourth-order valence-electron chi connectivity index (χ4n) is 2.47. The summed E-state index contributed by atoms with van der Waals surface area (Å²) in [6, 6.07) is 7.53. The number of rotatable bonds is 6. The second-order valence-corrected chi connectivity index (χ2v) is 7.60. The van der Waals surface area contributed by atoms with E-state index in [2.05, 4.69) is 10.6 Å². The molecule has 2 aromatic rings. The van der Waals surface area contributed by atoms with Crippen molar-refractivity contribution in [2.75, 3.05) is 6.54 Å². The first-order valence-corrected chi connectivity index (χ1v) is 9.20. The van der Waals surface area contributed by atoms with E-state index in [1.807, 2.05) is 35.0 Å². The third-order valence-corrected chi connectivity index (χ3v) is 5.84. The van der Waals surface area contributed by atoms with Gasteiger partial charge >= 0.3 is 11.8 Å². The highest BCUT2D eigenvalue weighted by Gasteiger charge is 2.46. The van der Waals surface area contributed by atoms with E-state index in [1.165, 1.54) is 22.7 Å². The first kappa shape index (κ1) is 16.2. The quantitative estimate of drug-likeness (QED) is 0.696. The van der Waals surface area contributed by atoms with E-state index in [0.29, 0.717) is 6.54 Å². The van der Waals surface area contributed by atoms with Crippen molar-refractivity contribution in [2.24, 2.45) is 5.92 Å². The predicted octanol–water partition coefficient (Wildman–Crippen LogP) is 1.84. The SMILES string of the molecule is O=C(NCc1cccs1)C(=O)NC[C@](O)(c1cccs1)C1CC1. The van der Waals surface area contributed by atoms with Crippen molar-refractivity contribution in [3.63, 3.8) is 0 Å². The molecule has 122 valence electrons. The summed E-state index contributed by atoms with van der Waals surface area (Å²) in [7, 11) is 0. The Morgan fingerprint density at radius 2 is 1.83 bits per heavy atom. The van der Waals surface area contributed by atoms with Crippen LogP contribution in [0.1, 0.15) is 22.6 Å². The van der Waals surface area contributed by atoms with Crippen molar-refractivity contribution < 1.29 is 14.7 Å². The van der Waals surface area contributed by atoms with Crippen LogP contribution in [0, 0.1) is 5.92 Å². The van der Waals surface area contributed by atoms with E-state index in [0.717, 1.165) is 22.6 Å². The summed E-state index contributed by atoms with van der Waals surface area (Å²) in [5, 5.41) is 19.9. The third kappa shape index (κ3) is 3.80. The topological polar surface area (TPSA) is 78.4 Å². The summed E-state index contributed by atoms with van der Waals surface area (Å²) in [6.07, 6.45) is 1.88. The van der Waals surface area contributed by atoms with Gasteiger partial charge in [-0.15, -0.1) is 22.7 Å². The second kappa shape index (κ2) is 6.82. The number of thiophene rings is 2. The maximum absolute atomic E-state index is 11.9. The lowest BCUT2D eigenvalue weighted by atomic mass is 9.95. The van der Waals surface area contributed by atoms with Gasteiger partial charge in [-0.1, -0.05) is 12.1 Å². The first-order chi connectivity index (χ1) is 11.1. The molecule has 2 heterocycles. The Labute approximate surface area is 142 Å². The van der Waals surface area contributed by atoms with Crippen molar-refractivity contribution in [3.05, 3.63) is 44.8 Å². The van der Waals surface area contributed by atoms with Gasteiger partial charge in [0.05, 0.1) is 13.1 Å². The molecule has 7 heteroatoms. The number of carbonyl (C=O) groups excluding carboxylic acids is 2. The summed E-state index contributed by atoms with van der Waals surface area (Å²) in [5.74, 6) is -1.24. The van der Waals surface area contributed by atoms with E-state index in [4.69, 9.17) is 0 Å². The maximum atomic E-state index is 11.9. The normalized spacial score (nSPS) is 16.6. The van der Waals surface area contributed by atoms with Crippen LogP contribution in [0.3, 0.4) is 0 Å². The lowest BCUT2D eigenvalue weighted by Crippen LogP contribution is -2.46. The maximum Gasteiger partial charge on any atom is 0.309 e. The Balaban J connectivity index is 1.54.